The van der Waals surface area contributed by atoms with Gasteiger partial charge in [0.15, 0.2) is 0 Å². The molecule has 70 heavy (non-hydrogen) atoms. The van der Waals surface area contributed by atoms with Crippen LogP contribution in [0.15, 0.2) is 224 Å². The predicted molar refractivity (Wildman–Crippen MR) is 293 cm³/mol. The maximum atomic E-state index is 5.52. The molecule has 6 heteroatoms. The van der Waals surface area contributed by atoms with E-state index < -0.39 is 0 Å². The molecule has 0 unspecified atom stereocenters. The molecular formula is C64H43N5S. The minimum atomic E-state index is -0.233. The molecule has 14 rings (SSSR count). The molecule has 1 aliphatic heterocycles. The number of para-hydroxylation sites is 3. The summed E-state index contributed by atoms with van der Waals surface area (Å²) in [4.78, 5) is 18.5. The van der Waals surface area contributed by atoms with Gasteiger partial charge in [-0.05, 0) is 105 Å². The highest BCUT2D eigenvalue weighted by molar-refractivity contribution is 7.21. The van der Waals surface area contributed by atoms with Crippen molar-refractivity contribution < 1.29 is 0 Å². The topological polar surface area (TPSA) is 46.8 Å². The summed E-state index contributed by atoms with van der Waals surface area (Å²) in [6.07, 6.45) is 0. The van der Waals surface area contributed by atoms with Gasteiger partial charge in [-0.3, -0.25) is 4.57 Å². The van der Waals surface area contributed by atoms with Gasteiger partial charge in [-0.2, -0.15) is 0 Å². The van der Waals surface area contributed by atoms with Gasteiger partial charge in [-0.1, -0.05) is 178 Å². The molecule has 13 aromatic rings. The van der Waals surface area contributed by atoms with Crippen LogP contribution >= 0.6 is 11.3 Å². The van der Waals surface area contributed by atoms with E-state index in [1.165, 1.54) is 50.0 Å². The van der Waals surface area contributed by atoms with E-state index in [0.29, 0.717) is 5.95 Å². The largest absolute Gasteiger partial charge is 0.310 e. The first-order chi connectivity index (χ1) is 34.4. The van der Waals surface area contributed by atoms with E-state index in [1.807, 2.05) is 0 Å². The molecule has 0 amide bonds. The standard InChI is InChI=1S/C64H43N5S/c1-64(2)52-25-12-14-27-57(52)68(46-20-7-4-8-21-46)58-35-33-45(37-53(58)64)44-32-34-56-50(36-44)51-38-60-55(65-62(70-60)43-17-5-3-6-18-43)39-59(51)69(56)63-66-54-26-13-11-23-49(54)61(67-63)42-30-28-41(29-31-42)48-24-15-19-40-16-9-10-22-47(40)48/h3-39H,1-2H3. The third-order valence-corrected chi connectivity index (χ3v) is 15.5. The molecular weight excluding hydrogens is 871 g/mol. The lowest BCUT2D eigenvalue weighted by Gasteiger charge is -2.42. The van der Waals surface area contributed by atoms with Crippen molar-refractivity contribution in [2.75, 3.05) is 4.90 Å². The number of fused-ring (bicyclic) bond motifs is 8. The predicted octanol–water partition coefficient (Wildman–Crippen LogP) is 17.3. The normalized spacial score (nSPS) is 13.1. The van der Waals surface area contributed by atoms with Crippen LogP contribution in [0.25, 0.3) is 104 Å². The van der Waals surface area contributed by atoms with Gasteiger partial charge in [0.2, 0.25) is 5.95 Å². The third kappa shape index (κ3) is 6.34. The Balaban J connectivity index is 0.957. The van der Waals surface area contributed by atoms with Gasteiger partial charge in [0, 0.05) is 38.4 Å². The molecule has 4 heterocycles. The van der Waals surface area contributed by atoms with Crippen molar-refractivity contribution in [1.29, 1.82) is 0 Å². The lowest BCUT2D eigenvalue weighted by molar-refractivity contribution is 0.632. The van der Waals surface area contributed by atoms with Crippen LogP contribution in [0.4, 0.5) is 17.1 Å². The molecule has 0 radical (unpaired) electrons. The zero-order chi connectivity index (χ0) is 46.5. The minimum absolute atomic E-state index is 0.233. The molecule has 0 atom stereocenters. The number of benzene rings is 10. The van der Waals surface area contributed by atoms with E-state index in [9.17, 15) is 0 Å². The Morgan fingerprint density at radius 2 is 1.07 bits per heavy atom. The maximum Gasteiger partial charge on any atom is 0.235 e. The van der Waals surface area contributed by atoms with Crippen LogP contribution in [0.3, 0.4) is 0 Å². The fourth-order valence-electron chi connectivity index (χ4n) is 10.9. The number of thiazole rings is 1. The zero-order valence-electron chi connectivity index (χ0n) is 38.5. The van der Waals surface area contributed by atoms with E-state index in [4.69, 9.17) is 15.0 Å². The molecule has 0 bridgehead atoms. The molecule has 5 nitrogen and oxygen atoms in total. The molecule has 0 aliphatic carbocycles. The Morgan fingerprint density at radius 3 is 1.93 bits per heavy atom. The lowest BCUT2D eigenvalue weighted by Crippen LogP contribution is -2.30. The van der Waals surface area contributed by atoms with Crippen LogP contribution in [0, 0.1) is 0 Å². The van der Waals surface area contributed by atoms with Crippen molar-refractivity contribution in [2.45, 2.75) is 19.3 Å². The van der Waals surface area contributed by atoms with Gasteiger partial charge in [-0.25, -0.2) is 15.0 Å². The molecule has 10 aromatic carbocycles. The Labute approximate surface area is 409 Å². The monoisotopic (exact) mass is 913 g/mol. The maximum absolute atomic E-state index is 5.52. The second-order valence-corrected chi connectivity index (χ2v) is 19.9. The van der Waals surface area contributed by atoms with Gasteiger partial charge >= 0.3 is 0 Å². The van der Waals surface area contributed by atoms with E-state index >= 15 is 0 Å². The molecule has 0 saturated carbocycles. The van der Waals surface area contributed by atoms with Crippen LogP contribution < -0.4 is 4.90 Å². The molecule has 1 aliphatic rings. The smallest absolute Gasteiger partial charge is 0.235 e. The number of hydrogen-bond acceptors (Lipinski definition) is 5. The Hall–Kier alpha value is -8.71. The average Bonchev–Trinajstić information content (AvgIpc) is 3.98. The van der Waals surface area contributed by atoms with Crippen LogP contribution in [0.2, 0.25) is 0 Å². The number of nitrogens with zero attached hydrogens (tertiary/aromatic N) is 5. The van der Waals surface area contributed by atoms with E-state index in [1.54, 1.807) is 11.3 Å². The van der Waals surface area contributed by atoms with Crippen LogP contribution in [-0.2, 0) is 5.41 Å². The van der Waals surface area contributed by atoms with E-state index in [-0.39, 0.29) is 5.41 Å². The first kappa shape index (κ1) is 40.4. The number of anilines is 3. The van der Waals surface area contributed by atoms with Gasteiger partial charge in [0.25, 0.3) is 0 Å². The van der Waals surface area contributed by atoms with Crippen molar-refractivity contribution in [1.82, 2.24) is 19.5 Å². The molecule has 0 fully saturated rings. The fraction of sp³-hybridized carbons (Fsp3) is 0.0469. The van der Waals surface area contributed by atoms with Crippen LogP contribution in [0.1, 0.15) is 25.0 Å². The van der Waals surface area contributed by atoms with Crippen LogP contribution in [-0.4, -0.2) is 19.5 Å². The number of hydrogen-bond donors (Lipinski definition) is 0. The summed E-state index contributed by atoms with van der Waals surface area (Å²) in [6, 6.07) is 80.8. The second kappa shape index (κ2) is 15.7. The minimum Gasteiger partial charge on any atom is -0.310 e. The van der Waals surface area contributed by atoms with E-state index in [2.05, 4.69) is 248 Å². The third-order valence-electron chi connectivity index (χ3n) is 14.4. The van der Waals surface area contributed by atoms with Gasteiger partial charge in [-0.15, -0.1) is 11.3 Å². The fourth-order valence-corrected chi connectivity index (χ4v) is 11.9. The number of rotatable bonds is 6. The Bertz CT molecular complexity index is 4200. The molecule has 0 spiro atoms. The van der Waals surface area contributed by atoms with Crippen molar-refractivity contribution in [3.05, 3.63) is 236 Å². The zero-order valence-corrected chi connectivity index (χ0v) is 39.3. The van der Waals surface area contributed by atoms with Crippen molar-refractivity contribution in [2.24, 2.45) is 0 Å². The summed E-state index contributed by atoms with van der Waals surface area (Å²) in [7, 11) is 0. The van der Waals surface area contributed by atoms with Crippen molar-refractivity contribution >= 4 is 82.1 Å². The van der Waals surface area contributed by atoms with E-state index in [0.717, 1.165) is 76.0 Å². The second-order valence-electron chi connectivity index (χ2n) is 18.8. The highest BCUT2D eigenvalue weighted by Crippen LogP contribution is 2.53. The Morgan fingerprint density at radius 1 is 0.414 bits per heavy atom. The SMILES string of the molecule is CC1(C)c2ccccc2N(c2ccccc2)c2ccc(-c3ccc4c(c3)c3cc5sc(-c6ccccc6)nc5cc3n4-c3nc(-c4ccc(-c5cccc6ccccc56)cc4)c4ccccc4n3)cc21. The summed E-state index contributed by atoms with van der Waals surface area (Å²) >= 11 is 1.73. The summed E-state index contributed by atoms with van der Waals surface area (Å²) < 4.78 is 3.39. The van der Waals surface area contributed by atoms with Gasteiger partial charge in [0.1, 0.15) is 5.01 Å². The van der Waals surface area contributed by atoms with Gasteiger partial charge < -0.3 is 4.90 Å². The molecule has 3 aromatic heterocycles. The van der Waals surface area contributed by atoms with Crippen molar-refractivity contribution in [3.63, 3.8) is 0 Å². The molecule has 0 N–H and O–H groups in total. The molecule has 330 valence electrons. The first-order valence-electron chi connectivity index (χ1n) is 23.8. The average molecular weight is 914 g/mol. The van der Waals surface area contributed by atoms with Crippen molar-refractivity contribution in [3.8, 4) is 50.0 Å². The lowest BCUT2D eigenvalue weighted by atomic mass is 9.73. The summed E-state index contributed by atoms with van der Waals surface area (Å²) in [5.41, 5.74) is 17.5. The Kier molecular flexibility index (Phi) is 9.04. The summed E-state index contributed by atoms with van der Waals surface area (Å²) in [5, 5.41) is 6.74. The van der Waals surface area contributed by atoms with Crippen LogP contribution in [0.5, 0.6) is 0 Å². The number of aromatic nitrogens is 4. The highest BCUT2D eigenvalue weighted by Gasteiger charge is 2.37. The highest BCUT2D eigenvalue weighted by atomic mass is 32.1. The molecule has 0 saturated heterocycles. The quantitative estimate of drug-likeness (QED) is 0.167. The first-order valence-corrected chi connectivity index (χ1v) is 24.7. The van der Waals surface area contributed by atoms with Gasteiger partial charge in [0.05, 0.1) is 43.8 Å². The summed E-state index contributed by atoms with van der Waals surface area (Å²) in [5.74, 6) is 0.618. The summed E-state index contributed by atoms with van der Waals surface area (Å²) in [6.45, 7) is 4.71.